The topological polar surface area (TPSA) is 130 Å². The average Bonchev–Trinajstić information content (AvgIpc) is 2.97. The van der Waals surface area contributed by atoms with Crippen molar-refractivity contribution in [3.8, 4) is 0 Å². The molecule has 44 heavy (non-hydrogen) atoms. The highest BCUT2D eigenvalue weighted by Gasteiger charge is 2.34. The van der Waals surface area contributed by atoms with Gasteiger partial charge in [-0.25, -0.2) is 14.7 Å². The Balaban J connectivity index is 1.66. The van der Waals surface area contributed by atoms with Crippen LogP contribution in [0.15, 0.2) is 84.8 Å². The van der Waals surface area contributed by atoms with E-state index in [-0.39, 0.29) is 35.9 Å². The van der Waals surface area contributed by atoms with Crippen LogP contribution in [0.3, 0.4) is 0 Å². The van der Waals surface area contributed by atoms with Crippen LogP contribution in [-0.4, -0.2) is 71.3 Å². The second-order valence-corrected chi connectivity index (χ2v) is 10.1. The Morgan fingerprint density at radius 1 is 1.11 bits per heavy atom. The van der Waals surface area contributed by atoms with Crippen molar-refractivity contribution < 1.29 is 22.8 Å². The maximum Gasteiger partial charge on any atom is 0.405 e. The van der Waals surface area contributed by atoms with E-state index in [4.69, 9.17) is 5.41 Å². The molecule has 2 aromatic carbocycles. The smallest absolute Gasteiger partial charge is 0.381 e. The van der Waals surface area contributed by atoms with Gasteiger partial charge >= 0.3 is 12.2 Å². The molecular weight excluding hydrogens is 575 g/mol. The van der Waals surface area contributed by atoms with E-state index in [0.717, 1.165) is 18.0 Å². The molecular formula is C30H32F3N9O2. The first kappa shape index (κ1) is 31.7. The molecule has 0 bridgehead atoms. The van der Waals surface area contributed by atoms with E-state index in [2.05, 4.69) is 25.9 Å². The van der Waals surface area contributed by atoms with E-state index in [9.17, 15) is 22.8 Å². The summed E-state index contributed by atoms with van der Waals surface area (Å²) in [6, 6.07) is 15.8. The first-order chi connectivity index (χ1) is 21.0. The third-order valence-corrected chi connectivity index (χ3v) is 6.18. The van der Waals surface area contributed by atoms with Crippen LogP contribution in [0, 0.1) is 5.41 Å². The fraction of sp³-hybridized carbons (Fsp3) is 0.233. The standard InChI is InChI=1S/C30H32F3N9O2/c1-40(2)13-7-12-26(43)37-23-10-6-11-25(14-23)42-27-22(19-41(29(42)44)18-21-8-4-3-5-9-21)16-36-28(39-27)38-24(15-34)17-35-20-30(31,32)33/h3-12,14-17,34-35H,13,18-20H2,1-2H3,(H,37,43)(H,36,38,39)/b12-7+,24-17+,34-15?. The van der Waals surface area contributed by atoms with Crippen molar-refractivity contribution in [3.63, 3.8) is 0 Å². The zero-order chi connectivity index (χ0) is 31.7. The number of benzene rings is 2. The molecule has 11 nitrogen and oxygen atoms in total. The van der Waals surface area contributed by atoms with Crippen LogP contribution in [0.1, 0.15) is 11.1 Å². The molecule has 0 radical (unpaired) electrons. The Bertz CT molecular complexity index is 1540. The van der Waals surface area contributed by atoms with Crippen LogP contribution in [0.4, 0.5) is 41.1 Å². The minimum absolute atomic E-state index is 0.0272. The van der Waals surface area contributed by atoms with Crippen LogP contribution < -0.4 is 20.9 Å². The minimum atomic E-state index is -4.44. The molecule has 3 aromatic rings. The number of halogens is 3. The molecule has 1 aromatic heterocycles. The monoisotopic (exact) mass is 607 g/mol. The largest absolute Gasteiger partial charge is 0.405 e. The summed E-state index contributed by atoms with van der Waals surface area (Å²) >= 11 is 0. The molecule has 0 fully saturated rings. The molecule has 1 aliphatic heterocycles. The number of carbonyl (C=O) groups is 2. The van der Waals surface area contributed by atoms with Gasteiger partial charge in [-0.2, -0.15) is 18.2 Å². The van der Waals surface area contributed by atoms with Gasteiger partial charge in [0.25, 0.3) is 0 Å². The predicted octanol–water partition coefficient (Wildman–Crippen LogP) is 4.86. The number of hydrogen-bond acceptors (Lipinski definition) is 8. The van der Waals surface area contributed by atoms with Crippen LogP contribution in [-0.2, 0) is 17.9 Å². The van der Waals surface area contributed by atoms with Crippen molar-refractivity contribution in [1.82, 2.24) is 25.1 Å². The normalized spacial score (nSPS) is 13.7. The van der Waals surface area contributed by atoms with Crippen molar-refractivity contribution >= 4 is 41.3 Å². The van der Waals surface area contributed by atoms with Crippen molar-refractivity contribution in [2.75, 3.05) is 42.7 Å². The highest BCUT2D eigenvalue weighted by Crippen LogP contribution is 2.35. The summed E-state index contributed by atoms with van der Waals surface area (Å²) in [6.45, 7) is -0.177. The van der Waals surface area contributed by atoms with Crippen molar-refractivity contribution in [2.45, 2.75) is 19.3 Å². The number of anilines is 4. The lowest BCUT2D eigenvalue weighted by atomic mass is 10.1. The highest BCUT2D eigenvalue weighted by atomic mass is 19.4. The van der Waals surface area contributed by atoms with Gasteiger partial charge in [-0.05, 0) is 37.9 Å². The lowest BCUT2D eigenvalue weighted by Gasteiger charge is -2.36. The molecule has 4 N–H and O–H groups in total. The second kappa shape index (κ2) is 14.3. The second-order valence-electron chi connectivity index (χ2n) is 10.1. The molecule has 1 aliphatic rings. The van der Waals surface area contributed by atoms with Crippen LogP contribution >= 0.6 is 0 Å². The Morgan fingerprint density at radius 2 is 1.89 bits per heavy atom. The zero-order valence-corrected chi connectivity index (χ0v) is 24.1. The number of nitrogens with one attached hydrogen (secondary N) is 4. The first-order valence-corrected chi connectivity index (χ1v) is 13.5. The van der Waals surface area contributed by atoms with E-state index in [1.807, 2.05) is 49.3 Å². The predicted molar refractivity (Wildman–Crippen MR) is 163 cm³/mol. The van der Waals surface area contributed by atoms with Crippen LogP contribution in [0.5, 0.6) is 0 Å². The summed E-state index contributed by atoms with van der Waals surface area (Å²) in [5, 5.41) is 15.2. The maximum absolute atomic E-state index is 14.0. The molecule has 230 valence electrons. The molecule has 0 saturated carbocycles. The minimum Gasteiger partial charge on any atom is -0.381 e. The highest BCUT2D eigenvalue weighted by molar-refractivity contribution is 6.03. The average molecular weight is 608 g/mol. The van der Waals surface area contributed by atoms with E-state index in [1.54, 1.807) is 35.2 Å². The number of carbonyl (C=O) groups excluding carboxylic acids is 2. The molecule has 0 saturated heterocycles. The van der Waals surface area contributed by atoms with Gasteiger partial charge in [0.2, 0.25) is 11.9 Å². The Labute approximate surface area is 252 Å². The van der Waals surface area contributed by atoms with Crippen molar-refractivity contribution in [3.05, 3.63) is 96.0 Å². The summed E-state index contributed by atoms with van der Waals surface area (Å²) in [5.74, 6) is -0.116. The molecule has 0 unspecified atom stereocenters. The third kappa shape index (κ3) is 8.88. The summed E-state index contributed by atoms with van der Waals surface area (Å²) in [4.78, 5) is 40.2. The summed E-state index contributed by atoms with van der Waals surface area (Å²) in [7, 11) is 3.77. The van der Waals surface area contributed by atoms with Gasteiger partial charge in [0.15, 0.2) is 5.82 Å². The maximum atomic E-state index is 14.0. The Morgan fingerprint density at radius 3 is 2.59 bits per heavy atom. The number of aromatic nitrogens is 2. The molecule has 0 atom stereocenters. The molecule has 3 amide bonds. The van der Waals surface area contributed by atoms with E-state index in [0.29, 0.717) is 30.0 Å². The molecule has 14 heteroatoms. The lowest BCUT2D eigenvalue weighted by molar-refractivity contribution is -0.122. The molecule has 4 rings (SSSR count). The number of fused-ring (bicyclic) bond motifs is 1. The summed E-state index contributed by atoms with van der Waals surface area (Å²) in [5.41, 5.74) is 2.38. The van der Waals surface area contributed by atoms with Gasteiger partial charge in [0.05, 0.1) is 17.9 Å². The van der Waals surface area contributed by atoms with Gasteiger partial charge in [-0.3, -0.25) is 4.79 Å². The van der Waals surface area contributed by atoms with E-state index >= 15 is 0 Å². The third-order valence-electron chi connectivity index (χ3n) is 6.18. The molecule has 2 heterocycles. The Kier molecular flexibility index (Phi) is 10.3. The van der Waals surface area contributed by atoms with Gasteiger partial charge < -0.3 is 31.2 Å². The van der Waals surface area contributed by atoms with Gasteiger partial charge in [0.1, 0.15) is 6.54 Å². The van der Waals surface area contributed by atoms with Crippen LogP contribution in [0.25, 0.3) is 0 Å². The van der Waals surface area contributed by atoms with Crippen molar-refractivity contribution in [2.24, 2.45) is 0 Å². The number of hydrogen-bond donors (Lipinski definition) is 4. The van der Waals surface area contributed by atoms with Gasteiger partial charge in [-0.1, -0.05) is 42.5 Å². The number of rotatable bonds is 12. The fourth-order valence-corrected chi connectivity index (χ4v) is 4.23. The fourth-order valence-electron chi connectivity index (χ4n) is 4.23. The van der Waals surface area contributed by atoms with Gasteiger partial charge in [-0.15, -0.1) is 0 Å². The van der Waals surface area contributed by atoms with Gasteiger partial charge in [0, 0.05) is 49.0 Å². The summed E-state index contributed by atoms with van der Waals surface area (Å²) in [6.07, 6.45) is 2.05. The van der Waals surface area contributed by atoms with E-state index < -0.39 is 12.7 Å². The SMILES string of the molecule is CN(C)C/C=C/C(=O)Nc1cccc(N2C(=O)N(Cc3ccccc3)Cc3cnc(N/C(C=N)=C/NCC(F)(F)F)nc32)c1. The number of allylic oxidation sites excluding steroid dienone is 1. The number of alkyl halides is 3. The number of nitrogens with zero attached hydrogens (tertiary/aromatic N) is 5. The first-order valence-electron chi connectivity index (χ1n) is 13.5. The van der Waals surface area contributed by atoms with Crippen molar-refractivity contribution in [1.29, 1.82) is 5.41 Å². The number of amides is 3. The molecule has 0 spiro atoms. The summed E-state index contributed by atoms with van der Waals surface area (Å²) < 4.78 is 37.7. The number of likely N-dealkylation sites (N-methyl/N-ethyl adjacent to an activating group) is 1. The van der Waals surface area contributed by atoms with E-state index in [1.165, 1.54) is 17.2 Å². The van der Waals surface area contributed by atoms with Crippen LogP contribution in [0.2, 0.25) is 0 Å². The Hall–Kier alpha value is -5.24. The quantitative estimate of drug-likeness (QED) is 0.171. The molecule has 0 aliphatic carbocycles. The zero-order valence-electron chi connectivity index (χ0n) is 24.1. The lowest BCUT2D eigenvalue weighted by Crippen LogP contribution is -2.45. The number of urea groups is 1.